The molecule has 1 aliphatic rings. The van der Waals surface area contributed by atoms with Gasteiger partial charge in [-0.1, -0.05) is 11.6 Å². The minimum atomic E-state index is -0.569. The molecule has 1 N–H and O–H groups in total. The Kier molecular flexibility index (Phi) is 5.41. The van der Waals surface area contributed by atoms with Gasteiger partial charge in [-0.25, -0.2) is 14.2 Å². The molecule has 1 unspecified atom stereocenters. The number of carbonyl (C=O) groups is 2. The Morgan fingerprint density at radius 2 is 1.72 bits per heavy atom. The van der Waals surface area contributed by atoms with Gasteiger partial charge in [0.15, 0.2) is 0 Å². The zero-order valence-corrected chi connectivity index (χ0v) is 18.5. The van der Waals surface area contributed by atoms with Crippen molar-refractivity contribution in [2.45, 2.75) is 85.0 Å². The van der Waals surface area contributed by atoms with E-state index in [1.54, 1.807) is 4.57 Å². The van der Waals surface area contributed by atoms with Crippen LogP contribution in [0, 0.1) is 6.92 Å². The van der Waals surface area contributed by atoms with E-state index in [2.05, 4.69) is 11.4 Å². The molecule has 1 aromatic heterocycles. The highest BCUT2D eigenvalue weighted by atomic mass is 16.6. The normalized spacial score (nSPS) is 17.0. The average molecular weight is 401 g/mol. The van der Waals surface area contributed by atoms with E-state index in [-0.39, 0.29) is 12.1 Å². The number of carbonyl (C=O) groups excluding carboxylic acids is 2. The second kappa shape index (κ2) is 7.39. The lowest BCUT2D eigenvalue weighted by Gasteiger charge is -2.27. The molecule has 1 aromatic carbocycles. The molecule has 0 saturated heterocycles. The number of amides is 1. The summed E-state index contributed by atoms with van der Waals surface area (Å²) in [5.41, 5.74) is 2.95. The summed E-state index contributed by atoms with van der Waals surface area (Å²) in [7, 11) is 0. The fraction of sp³-hybridized carbons (Fsp3) is 0.565. The number of hydrogen-bond acceptors (Lipinski definition) is 4. The van der Waals surface area contributed by atoms with Gasteiger partial charge in [-0.15, -0.1) is 0 Å². The van der Waals surface area contributed by atoms with E-state index in [0.29, 0.717) is 12.8 Å². The van der Waals surface area contributed by atoms with Gasteiger partial charge in [0.2, 0.25) is 0 Å². The summed E-state index contributed by atoms with van der Waals surface area (Å²) in [5.74, 6) is 0. The number of nitrogens with zero attached hydrogens (tertiary/aromatic N) is 1. The van der Waals surface area contributed by atoms with Crippen LogP contribution in [-0.4, -0.2) is 34.0 Å². The van der Waals surface area contributed by atoms with Gasteiger partial charge in [0, 0.05) is 17.1 Å². The maximum absolute atomic E-state index is 13.0. The van der Waals surface area contributed by atoms with Crippen LogP contribution in [0.1, 0.15) is 64.8 Å². The van der Waals surface area contributed by atoms with Gasteiger partial charge in [0.25, 0.3) is 0 Å². The second-order valence-electron chi connectivity index (χ2n) is 9.85. The molecule has 0 radical (unpaired) electrons. The van der Waals surface area contributed by atoms with Gasteiger partial charge >= 0.3 is 12.2 Å². The Morgan fingerprint density at radius 1 is 1.07 bits per heavy atom. The molecule has 1 atom stereocenters. The second-order valence-corrected chi connectivity index (χ2v) is 9.85. The van der Waals surface area contributed by atoms with Crippen molar-refractivity contribution in [1.82, 2.24) is 9.88 Å². The number of benzene rings is 1. The monoisotopic (exact) mass is 400 g/mol. The van der Waals surface area contributed by atoms with E-state index in [9.17, 15) is 9.59 Å². The lowest BCUT2D eigenvalue weighted by atomic mass is 9.91. The van der Waals surface area contributed by atoms with Gasteiger partial charge in [-0.3, -0.25) is 0 Å². The molecule has 6 nitrogen and oxygen atoms in total. The van der Waals surface area contributed by atoms with Crippen molar-refractivity contribution in [3.63, 3.8) is 0 Å². The summed E-state index contributed by atoms with van der Waals surface area (Å²) in [5, 5.41) is 4.03. The Labute approximate surface area is 172 Å². The SMILES string of the molecule is Cc1ccc2c(c1)c1c(n2C(=O)OC(C)(C)C)CCC(NC(=O)OC(C)(C)C)C1. The van der Waals surface area contributed by atoms with Crippen molar-refractivity contribution in [3.05, 3.63) is 35.0 Å². The molecule has 29 heavy (non-hydrogen) atoms. The Morgan fingerprint density at radius 3 is 2.34 bits per heavy atom. The molecule has 0 spiro atoms. The smallest absolute Gasteiger partial charge is 0.419 e. The maximum atomic E-state index is 13.0. The molecule has 2 aromatic rings. The standard InChI is InChI=1S/C23H32N2O4/c1-14-8-10-18-16(12-14)17-13-15(24-20(26)28-22(2,3)4)9-11-19(17)25(18)21(27)29-23(5,6)7/h8,10,12,15H,9,11,13H2,1-7H3,(H,24,26). The quantitative estimate of drug-likeness (QED) is 0.722. The molecular weight excluding hydrogens is 368 g/mol. The number of nitrogens with one attached hydrogen (secondary N) is 1. The highest BCUT2D eigenvalue weighted by molar-refractivity contribution is 5.94. The van der Waals surface area contributed by atoms with E-state index in [1.165, 1.54) is 0 Å². The molecule has 158 valence electrons. The number of ether oxygens (including phenoxy) is 2. The highest BCUT2D eigenvalue weighted by Gasteiger charge is 2.31. The van der Waals surface area contributed by atoms with Gasteiger partial charge < -0.3 is 14.8 Å². The van der Waals surface area contributed by atoms with Crippen molar-refractivity contribution >= 4 is 23.1 Å². The average Bonchev–Trinajstić information content (AvgIpc) is 2.84. The zero-order chi connectivity index (χ0) is 21.6. The minimum absolute atomic E-state index is 0.0319. The molecule has 1 aliphatic carbocycles. The van der Waals surface area contributed by atoms with Gasteiger partial charge in [-0.2, -0.15) is 0 Å². The number of fused-ring (bicyclic) bond motifs is 3. The Balaban J connectivity index is 1.94. The highest BCUT2D eigenvalue weighted by Crippen LogP contribution is 2.33. The molecule has 3 rings (SSSR count). The van der Waals surface area contributed by atoms with E-state index in [1.807, 2.05) is 60.6 Å². The van der Waals surface area contributed by atoms with Gasteiger partial charge in [0.1, 0.15) is 11.2 Å². The molecule has 0 saturated carbocycles. The van der Waals surface area contributed by atoms with Gasteiger partial charge in [-0.05, 0) is 85.4 Å². The lowest BCUT2D eigenvalue weighted by Crippen LogP contribution is -2.42. The predicted molar refractivity (Wildman–Crippen MR) is 113 cm³/mol. The largest absolute Gasteiger partial charge is 0.444 e. The molecule has 1 amide bonds. The summed E-state index contributed by atoms with van der Waals surface area (Å²) in [6, 6.07) is 6.05. The summed E-state index contributed by atoms with van der Waals surface area (Å²) >= 11 is 0. The van der Waals surface area contributed by atoms with Crippen molar-refractivity contribution in [2.75, 3.05) is 0 Å². The predicted octanol–water partition coefficient (Wildman–Crippen LogP) is 5.11. The number of hydrogen-bond donors (Lipinski definition) is 1. The number of alkyl carbamates (subject to hydrolysis) is 1. The fourth-order valence-corrected chi connectivity index (χ4v) is 3.79. The fourth-order valence-electron chi connectivity index (χ4n) is 3.79. The first-order valence-corrected chi connectivity index (χ1v) is 10.2. The third-order valence-electron chi connectivity index (χ3n) is 4.81. The molecule has 0 bridgehead atoms. The van der Waals surface area contributed by atoms with Crippen LogP contribution in [-0.2, 0) is 22.3 Å². The third kappa shape index (κ3) is 4.92. The third-order valence-corrected chi connectivity index (χ3v) is 4.81. The zero-order valence-electron chi connectivity index (χ0n) is 18.5. The van der Waals surface area contributed by atoms with Crippen molar-refractivity contribution in [2.24, 2.45) is 0 Å². The summed E-state index contributed by atoms with van der Waals surface area (Å²) < 4.78 is 12.8. The Bertz CT molecular complexity index is 944. The van der Waals surface area contributed by atoms with Crippen LogP contribution in [0.5, 0.6) is 0 Å². The summed E-state index contributed by atoms with van der Waals surface area (Å²) in [4.78, 5) is 25.2. The lowest BCUT2D eigenvalue weighted by molar-refractivity contribution is 0.0490. The molecule has 0 fully saturated rings. The van der Waals surface area contributed by atoms with Crippen LogP contribution in [0.15, 0.2) is 18.2 Å². The van der Waals surface area contributed by atoms with Crippen molar-refractivity contribution < 1.29 is 19.1 Å². The first kappa shape index (κ1) is 21.2. The summed E-state index contributed by atoms with van der Waals surface area (Å²) in [6.45, 7) is 13.2. The van der Waals surface area contributed by atoms with E-state index in [0.717, 1.165) is 34.1 Å². The number of aromatic nitrogens is 1. The van der Waals surface area contributed by atoms with Gasteiger partial charge in [0.05, 0.1) is 5.52 Å². The molecular formula is C23H32N2O4. The molecule has 1 heterocycles. The van der Waals surface area contributed by atoms with Crippen molar-refractivity contribution in [3.8, 4) is 0 Å². The van der Waals surface area contributed by atoms with Crippen LogP contribution in [0.3, 0.4) is 0 Å². The molecule has 0 aliphatic heterocycles. The number of rotatable bonds is 1. The van der Waals surface area contributed by atoms with Crippen LogP contribution in [0.25, 0.3) is 10.9 Å². The topological polar surface area (TPSA) is 69.6 Å². The van der Waals surface area contributed by atoms with Crippen LogP contribution >= 0.6 is 0 Å². The van der Waals surface area contributed by atoms with Crippen LogP contribution in [0.4, 0.5) is 9.59 Å². The Hall–Kier alpha value is -2.50. The maximum Gasteiger partial charge on any atom is 0.419 e. The van der Waals surface area contributed by atoms with E-state index in [4.69, 9.17) is 9.47 Å². The van der Waals surface area contributed by atoms with E-state index < -0.39 is 17.3 Å². The van der Waals surface area contributed by atoms with Crippen molar-refractivity contribution in [1.29, 1.82) is 0 Å². The first-order chi connectivity index (χ1) is 13.3. The number of aryl methyl sites for hydroxylation is 1. The van der Waals surface area contributed by atoms with E-state index >= 15 is 0 Å². The first-order valence-electron chi connectivity index (χ1n) is 10.2. The van der Waals surface area contributed by atoms with Crippen LogP contribution < -0.4 is 5.32 Å². The minimum Gasteiger partial charge on any atom is -0.444 e. The summed E-state index contributed by atoms with van der Waals surface area (Å²) in [6.07, 6.45) is 1.32. The molecule has 6 heteroatoms. The van der Waals surface area contributed by atoms with Crippen LogP contribution in [0.2, 0.25) is 0 Å².